The summed E-state index contributed by atoms with van der Waals surface area (Å²) in [5, 5.41) is 18.5. The first-order valence-electron chi connectivity index (χ1n) is 11.1. The smallest absolute Gasteiger partial charge is 0.311 e. The number of aromatic nitrogens is 6. The molecule has 0 fully saturated rings. The first-order chi connectivity index (χ1) is 17.6. The van der Waals surface area contributed by atoms with Crippen LogP contribution in [0.2, 0.25) is 0 Å². The monoisotopic (exact) mass is 488 g/mol. The van der Waals surface area contributed by atoms with Gasteiger partial charge in [0.15, 0.2) is 16.8 Å². The lowest BCUT2D eigenvalue weighted by Gasteiger charge is -2.06. The van der Waals surface area contributed by atoms with Crippen molar-refractivity contribution in [1.82, 2.24) is 29.6 Å². The SMILES string of the molecule is COCc1nn2c(nnc3c(CC(=O)OC)nn(-c4ccc(OC)cc4)c32)c1-c1cccc(OC)c1. The van der Waals surface area contributed by atoms with Gasteiger partial charge in [-0.1, -0.05) is 12.1 Å². The van der Waals surface area contributed by atoms with Crippen molar-refractivity contribution in [2.75, 3.05) is 28.4 Å². The molecule has 11 heteroatoms. The van der Waals surface area contributed by atoms with Gasteiger partial charge in [-0.2, -0.15) is 14.7 Å². The van der Waals surface area contributed by atoms with Gasteiger partial charge >= 0.3 is 5.97 Å². The summed E-state index contributed by atoms with van der Waals surface area (Å²) in [7, 11) is 6.16. The van der Waals surface area contributed by atoms with Crippen LogP contribution in [0.15, 0.2) is 48.5 Å². The lowest BCUT2D eigenvalue weighted by atomic mass is 10.1. The average Bonchev–Trinajstić information content (AvgIpc) is 3.47. The molecule has 0 radical (unpaired) electrons. The minimum absolute atomic E-state index is 0.0642. The summed E-state index contributed by atoms with van der Waals surface area (Å²) >= 11 is 0. The van der Waals surface area contributed by atoms with E-state index < -0.39 is 5.97 Å². The second kappa shape index (κ2) is 9.62. The Morgan fingerprint density at radius 3 is 2.36 bits per heavy atom. The number of benzene rings is 2. The van der Waals surface area contributed by atoms with Crippen molar-refractivity contribution in [3.63, 3.8) is 0 Å². The number of esters is 1. The summed E-state index contributed by atoms with van der Waals surface area (Å²) < 4.78 is 24.4. The van der Waals surface area contributed by atoms with Crippen molar-refractivity contribution in [2.45, 2.75) is 13.0 Å². The van der Waals surface area contributed by atoms with E-state index >= 15 is 0 Å². The number of carbonyl (C=O) groups is 1. The fourth-order valence-electron chi connectivity index (χ4n) is 4.07. The highest BCUT2D eigenvalue weighted by Crippen LogP contribution is 2.32. The van der Waals surface area contributed by atoms with E-state index in [1.54, 1.807) is 30.5 Å². The molecule has 0 unspecified atom stereocenters. The lowest BCUT2D eigenvalue weighted by Crippen LogP contribution is -2.06. The van der Waals surface area contributed by atoms with Crippen LogP contribution in [0, 0.1) is 0 Å². The average molecular weight is 489 g/mol. The molecule has 0 bridgehead atoms. The van der Waals surface area contributed by atoms with E-state index in [1.165, 1.54) is 7.11 Å². The standard InChI is InChI=1S/C25H24N6O5/c1-33-14-20-22(15-6-5-7-18(12-15)35-3)24-27-26-23-19(13-21(32)36-4)28-30(25(23)31(24)29-20)16-8-10-17(34-2)11-9-16/h5-12H,13-14H2,1-4H3. The van der Waals surface area contributed by atoms with Crippen LogP contribution in [-0.2, 0) is 27.3 Å². The van der Waals surface area contributed by atoms with Crippen LogP contribution < -0.4 is 9.47 Å². The largest absolute Gasteiger partial charge is 0.497 e. The molecule has 0 spiro atoms. The molecular formula is C25H24N6O5. The summed E-state index contributed by atoms with van der Waals surface area (Å²) in [4.78, 5) is 12.1. The number of carbonyl (C=O) groups excluding carboxylic acids is 1. The Kier molecular flexibility index (Phi) is 6.21. The molecule has 0 atom stereocenters. The topological polar surface area (TPSA) is 115 Å². The molecule has 0 aliphatic rings. The second-order valence-electron chi connectivity index (χ2n) is 7.90. The summed E-state index contributed by atoms with van der Waals surface area (Å²) in [5.74, 6) is 0.973. The molecule has 2 aromatic carbocycles. The molecule has 0 amide bonds. The third-order valence-electron chi connectivity index (χ3n) is 5.78. The minimum Gasteiger partial charge on any atom is -0.497 e. The zero-order chi connectivity index (χ0) is 25.2. The number of ether oxygens (including phenoxy) is 4. The molecule has 36 heavy (non-hydrogen) atoms. The summed E-state index contributed by atoms with van der Waals surface area (Å²) in [5.41, 5.74) is 4.96. The van der Waals surface area contributed by atoms with Crippen molar-refractivity contribution >= 4 is 22.8 Å². The first kappa shape index (κ1) is 23.2. The molecule has 0 N–H and O–H groups in total. The van der Waals surface area contributed by atoms with Gasteiger partial charge in [-0.15, -0.1) is 10.2 Å². The number of fused-ring (bicyclic) bond motifs is 3. The quantitative estimate of drug-likeness (QED) is 0.304. The number of rotatable bonds is 8. The Bertz CT molecular complexity index is 1560. The highest BCUT2D eigenvalue weighted by Gasteiger charge is 2.24. The van der Waals surface area contributed by atoms with Crippen LogP contribution in [0.3, 0.4) is 0 Å². The van der Waals surface area contributed by atoms with E-state index in [-0.39, 0.29) is 13.0 Å². The van der Waals surface area contributed by atoms with E-state index in [9.17, 15) is 4.79 Å². The van der Waals surface area contributed by atoms with Gasteiger partial charge in [-0.25, -0.2) is 4.68 Å². The maximum atomic E-state index is 12.1. The van der Waals surface area contributed by atoms with Gasteiger partial charge in [0.2, 0.25) is 0 Å². The van der Waals surface area contributed by atoms with Crippen molar-refractivity contribution < 1.29 is 23.7 Å². The Hall–Kier alpha value is -4.51. The van der Waals surface area contributed by atoms with Crippen molar-refractivity contribution in [3.8, 4) is 28.3 Å². The van der Waals surface area contributed by atoms with E-state index in [1.807, 2.05) is 48.5 Å². The maximum Gasteiger partial charge on any atom is 0.311 e. The Balaban J connectivity index is 1.82. The van der Waals surface area contributed by atoms with E-state index in [2.05, 4.69) is 10.2 Å². The Morgan fingerprint density at radius 1 is 0.889 bits per heavy atom. The molecular weight excluding hydrogens is 464 g/mol. The third-order valence-corrected chi connectivity index (χ3v) is 5.78. The molecule has 3 aromatic heterocycles. The predicted octanol–water partition coefficient (Wildman–Crippen LogP) is 3.01. The number of methoxy groups -OCH3 is 4. The lowest BCUT2D eigenvalue weighted by molar-refractivity contribution is -0.139. The van der Waals surface area contributed by atoms with Gasteiger partial charge in [0.1, 0.15) is 17.2 Å². The fourth-order valence-corrected chi connectivity index (χ4v) is 4.07. The third kappa shape index (κ3) is 3.99. The van der Waals surface area contributed by atoms with Crippen molar-refractivity contribution in [3.05, 3.63) is 59.9 Å². The predicted molar refractivity (Wildman–Crippen MR) is 130 cm³/mol. The zero-order valence-electron chi connectivity index (χ0n) is 20.3. The van der Waals surface area contributed by atoms with Gasteiger partial charge in [-0.05, 0) is 42.0 Å². The molecule has 184 valence electrons. The van der Waals surface area contributed by atoms with Crippen LogP contribution in [0.25, 0.3) is 33.6 Å². The van der Waals surface area contributed by atoms with Gasteiger partial charge < -0.3 is 18.9 Å². The van der Waals surface area contributed by atoms with E-state index in [0.717, 1.165) is 16.8 Å². The fraction of sp³-hybridized carbons (Fsp3) is 0.240. The van der Waals surface area contributed by atoms with Gasteiger partial charge in [0.05, 0.1) is 51.3 Å². The van der Waals surface area contributed by atoms with Gasteiger partial charge in [0, 0.05) is 7.11 Å². The normalized spacial score (nSPS) is 11.2. The van der Waals surface area contributed by atoms with Crippen LogP contribution in [0.1, 0.15) is 11.4 Å². The Morgan fingerprint density at radius 2 is 1.67 bits per heavy atom. The van der Waals surface area contributed by atoms with Crippen molar-refractivity contribution in [1.29, 1.82) is 0 Å². The minimum atomic E-state index is -0.434. The summed E-state index contributed by atoms with van der Waals surface area (Å²) in [6.45, 7) is 0.253. The maximum absolute atomic E-state index is 12.1. The molecule has 5 aromatic rings. The molecule has 0 aliphatic heterocycles. The van der Waals surface area contributed by atoms with Gasteiger partial charge in [-0.3, -0.25) is 4.79 Å². The summed E-state index contributed by atoms with van der Waals surface area (Å²) in [6, 6.07) is 15.0. The Labute approximate surface area is 206 Å². The van der Waals surface area contributed by atoms with Crippen molar-refractivity contribution in [2.24, 2.45) is 0 Å². The van der Waals surface area contributed by atoms with Gasteiger partial charge in [0.25, 0.3) is 0 Å². The van der Waals surface area contributed by atoms with Crippen LogP contribution >= 0.6 is 0 Å². The van der Waals surface area contributed by atoms with Crippen LogP contribution in [0.4, 0.5) is 0 Å². The molecule has 0 saturated heterocycles. The summed E-state index contributed by atoms with van der Waals surface area (Å²) in [6.07, 6.45) is -0.0642. The second-order valence-corrected chi connectivity index (χ2v) is 7.90. The van der Waals surface area contributed by atoms with Crippen LogP contribution in [-0.4, -0.2) is 64.0 Å². The number of nitrogens with zero attached hydrogens (tertiary/aromatic N) is 6. The number of hydrogen-bond acceptors (Lipinski definition) is 9. The van der Waals surface area contributed by atoms with E-state index in [0.29, 0.717) is 39.7 Å². The molecule has 5 rings (SSSR count). The molecule has 0 aliphatic carbocycles. The molecule has 3 heterocycles. The number of hydrogen-bond donors (Lipinski definition) is 0. The first-order valence-corrected chi connectivity index (χ1v) is 11.1. The van der Waals surface area contributed by atoms with Crippen LogP contribution in [0.5, 0.6) is 11.5 Å². The molecule has 0 saturated carbocycles. The highest BCUT2D eigenvalue weighted by atomic mass is 16.5. The zero-order valence-corrected chi connectivity index (χ0v) is 20.3. The highest BCUT2D eigenvalue weighted by molar-refractivity contribution is 5.87. The molecule has 11 nitrogen and oxygen atoms in total. The van der Waals surface area contributed by atoms with E-state index in [4.69, 9.17) is 29.1 Å².